The van der Waals surface area contributed by atoms with Crippen molar-refractivity contribution in [2.75, 3.05) is 13.2 Å². The molecule has 23 heavy (non-hydrogen) atoms. The second-order valence-electron chi connectivity index (χ2n) is 6.96. The minimum atomic E-state index is -0.447. The predicted octanol–water partition coefficient (Wildman–Crippen LogP) is 3.56. The normalized spacial score (nSPS) is 19.0. The average Bonchev–Trinajstić information content (AvgIpc) is 2.71. The lowest BCUT2D eigenvalue weighted by Gasteiger charge is -2.32. The number of ether oxygens (including phenoxy) is 2. The van der Waals surface area contributed by atoms with Crippen molar-refractivity contribution < 1.29 is 18.8 Å². The van der Waals surface area contributed by atoms with E-state index in [0.29, 0.717) is 13.2 Å². The van der Waals surface area contributed by atoms with Crippen LogP contribution in [-0.4, -0.2) is 31.5 Å². The summed E-state index contributed by atoms with van der Waals surface area (Å²) in [6.45, 7) is 13.7. The third kappa shape index (κ3) is 3.83. The van der Waals surface area contributed by atoms with Gasteiger partial charge in [0.05, 0.1) is 24.4 Å². The van der Waals surface area contributed by atoms with Gasteiger partial charge in [0.25, 0.3) is 0 Å². The molecule has 1 aliphatic heterocycles. The maximum atomic E-state index is 6.17. The first kappa shape index (κ1) is 18.1. The van der Waals surface area contributed by atoms with E-state index < -0.39 is 7.12 Å². The van der Waals surface area contributed by atoms with Gasteiger partial charge in [-0.05, 0) is 46.6 Å². The van der Waals surface area contributed by atoms with Gasteiger partial charge in [0.15, 0.2) is 11.5 Å². The molecule has 0 saturated carbocycles. The molecule has 128 valence electrons. The fraction of sp³-hybridized carbons (Fsp3) is 0.667. The Kier molecular flexibility index (Phi) is 5.63. The lowest BCUT2D eigenvalue weighted by Crippen LogP contribution is -2.41. The molecule has 0 spiro atoms. The van der Waals surface area contributed by atoms with E-state index in [1.165, 1.54) is 0 Å². The summed E-state index contributed by atoms with van der Waals surface area (Å²) in [7, 11) is -0.447. The molecule has 0 aliphatic carbocycles. The molecule has 1 aliphatic rings. The Morgan fingerprint density at radius 1 is 0.913 bits per heavy atom. The summed E-state index contributed by atoms with van der Waals surface area (Å²) in [4.78, 5) is 0. The number of hydrogen-bond acceptors (Lipinski definition) is 4. The van der Waals surface area contributed by atoms with Crippen LogP contribution in [0.4, 0.5) is 0 Å². The van der Waals surface area contributed by atoms with Crippen LogP contribution in [0.3, 0.4) is 0 Å². The second-order valence-corrected chi connectivity index (χ2v) is 6.96. The van der Waals surface area contributed by atoms with E-state index in [0.717, 1.165) is 29.8 Å². The molecule has 0 N–H and O–H groups in total. The van der Waals surface area contributed by atoms with Crippen molar-refractivity contribution in [3.05, 3.63) is 18.2 Å². The van der Waals surface area contributed by atoms with Gasteiger partial charge in [0.1, 0.15) is 0 Å². The quantitative estimate of drug-likeness (QED) is 0.720. The van der Waals surface area contributed by atoms with Crippen LogP contribution in [0, 0.1) is 0 Å². The number of hydrogen-bond donors (Lipinski definition) is 0. The van der Waals surface area contributed by atoms with Crippen LogP contribution in [0.25, 0.3) is 0 Å². The highest BCUT2D eigenvalue weighted by Gasteiger charge is 2.52. The summed E-state index contributed by atoms with van der Waals surface area (Å²) in [6.07, 6.45) is 1.89. The largest absolute Gasteiger partial charge is 0.498 e. The van der Waals surface area contributed by atoms with E-state index >= 15 is 0 Å². The van der Waals surface area contributed by atoms with Crippen molar-refractivity contribution in [3.63, 3.8) is 0 Å². The Labute approximate surface area is 140 Å². The molecule has 1 aromatic carbocycles. The van der Waals surface area contributed by atoms with Crippen molar-refractivity contribution in [3.8, 4) is 11.5 Å². The monoisotopic (exact) mass is 320 g/mol. The van der Waals surface area contributed by atoms with Crippen molar-refractivity contribution in [2.24, 2.45) is 0 Å². The first-order valence-corrected chi connectivity index (χ1v) is 8.56. The first-order chi connectivity index (χ1) is 10.8. The molecule has 0 aromatic heterocycles. The lowest BCUT2D eigenvalue weighted by atomic mass is 9.78. The van der Waals surface area contributed by atoms with E-state index in [4.69, 9.17) is 18.8 Å². The van der Waals surface area contributed by atoms with Crippen LogP contribution in [0.2, 0.25) is 0 Å². The highest BCUT2D eigenvalue weighted by atomic mass is 16.7. The standard InChI is InChI=1S/C18H29BO4/c1-7-12-20-15-11-9-10-14(16(15)21-13-8-2)19-22-17(3,4)18(5,6)23-19/h9-11H,7-8,12-13H2,1-6H3. The maximum absolute atomic E-state index is 6.17. The maximum Gasteiger partial charge on any atom is 0.498 e. The Balaban J connectivity index is 2.34. The minimum Gasteiger partial charge on any atom is -0.490 e. The molecule has 0 unspecified atom stereocenters. The van der Waals surface area contributed by atoms with E-state index in [-0.39, 0.29) is 11.2 Å². The summed E-state index contributed by atoms with van der Waals surface area (Å²) < 4.78 is 24.2. The third-order valence-corrected chi connectivity index (χ3v) is 4.43. The SMILES string of the molecule is CCCOc1cccc(B2OC(C)(C)C(C)(C)O2)c1OCCC. The van der Waals surface area contributed by atoms with Gasteiger partial charge < -0.3 is 18.8 Å². The van der Waals surface area contributed by atoms with Gasteiger partial charge in [-0.15, -0.1) is 0 Å². The zero-order valence-electron chi connectivity index (χ0n) is 15.3. The van der Waals surface area contributed by atoms with Crippen LogP contribution in [0.1, 0.15) is 54.4 Å². The smallest absolute Gasteiger partial charge is 0.490 e. The van der Waals surface area contributed by atoms with Gasteiger partial charge >= 0.3 is 7.12 Å². The molecule has 1 fully saturated rings. The van der Waals surface area contributed by atoms with Gasteiger partial charge in [-0.25, -0.2) is 0 Å². The molecule has 1 aromatic rings. The highest BCUT2D eigenvalue weighted by molar-refractivity contribution is 6.63. The number of para-hydroxylation sites is 1. The van der Waals surface area contributed by atoms with Crippen molar-refractivity contribution in [2.45, 2.75) is 65.6 Å². The number of benzene rings is 1. The molecule has 0 bridgehead atoms. The third-order valence-electron chi connectivity index (χ3n) is 4.43. The van der Waals surface area contributed by atoms with Crippen molar-refractivity contribution >= 4 is 12.6 Å². The average molecular weight is 320 g/mol. The van der Waals surface area contributed by atoms with Crippen LogP contribution in [-0.2, 0) is 9.31 Å². The topological polar surface area (TPSA) is 36.9 Å². The molecule has 4 nitrogen and oxygen atoms in total. The molecular weight excluding hydrogens is 291 g/mol. The van der Waals surface area contributed by atoms with Gasteiger partial charge in [0, 0.05) is 5.46 Å². The van der Waals surface area contributed by atoms with Crippen molar-refractivity contribution in [1.82, 2.24) is 0 Å². The Bertz CT molecular complexity index is 512. The zero-order chi connectivity index (χ0) is 17.1. The van der Waals surface area contributed by atoms with E-state index in [1.54, 1.807) is 0 Å². The summed E-state index contributed by atoms with van der Waals surface area (Å²) in [5.41, 5.74) is 0.144. The van der Waals surface area contributed by atoms with Gasteiger partial charge in [-0.2, -0.15) is 0 Å². The van der Waals surface area contributed by atoms with Gasteiger partial charge in [-0.1, -0.05) is 26.0 Å². The molecule has 1 saturated heterocycles. The minimum absolute atomic E-state index is 0.375. The van der Waals surface area contributed by atoms with E-state index in [9.17, 15) is 0 Å². The summed E-state index contributed by atoms with van der Waals surface area (Å²) >= 11 is 0. The van der Waals surface area contributed by atoms with Crippen LogP contribution >= 0.6 is 0 Å². The molecular formula is C18H29BO4. The Morgan fingerprint density at radius 3 is 2.04 bits per heavy atom. The van der Waals surface area contributed by atoms with E-state index in [1.807, 2.05) is 18.2 Å². The van der Waals surface area contributed by atoms with Gasteiger partial charge in [0.2, 0.25) is 0 Å². The highest BCUT2D eigenvalue weighted by Crippen LogP contribution is 2.38. The zero-order valence-corrected chi connectivity index (χ0v) is 15.3. The number of rotatable bonds is 7. The molecule has 0 amide bonds. The lowest BCUT2D eigenvalue weighted by molar-refractivity contribution is 0.00578. The predicted molar refractivity (Wildman–Crippen MR) is 93.7 cm³/mol. The van der Waals surface area contributed by atoms with Crippen molar-refractivity contribution in [1.29, 1.82) is 0 Å². The van der Waals surface area contributed by atoms with Gasteiger partial charge in [-0.3, -0.25) is 0 Å². The second kappa shape index (κ2) is 7.14. The fourth-order valence-electron chi connectivity index (χ4n) is 2.37. The summed E-state index contributed by atoms with van der Waals surface area (Å²) in [5, 5.41) is 0. The van der Waals surface area contributed by atoms with E-state index in [2.05, 4.69) is 41.5 Å². The summed E-state index contributed by atoms with van der Waals surface area (Å²) in [5.74, 6) is 1.49. The molecule has 2 rings (SSSR count). The van der Waals surface area contributed by atoms with Crippen LogP contribution < -0.4 is 14.9 Å². The Morgan fingerprint density at radius 2 is 1.48 bits per heavy atom. The van der Waals surface area contributed by atoms with Crippen LogP contribution in [0.5, 0.6) is 11.5 Å². The molecule has 0 radical (unpaired) electrons. The fourth-order valence-corrected chi connectivity index (χ4v) is 2.37. The summed E-state index contributed by atoms with van der Waals surface area (Å²) in [6, 6.07) is 5.89. The molecule has 0 atom stereocenters. The molecule has 1 heterocycles. The molecule has 5 heteroatoms. The van der Waals surface area contributed by atoms with Crippen LogP contribution in [0.15, 0.2) is 18.2 Å². The Hall–Kier alpha value is -1.20. The first-order valence-electron chi connectivity index (χ1n) is 8.56.